The largest absolute Gasteiger partial charge is 0.465 e. The summed E-state index contributed by atoms with van der Waals surface area (Å²) in [6, 6.07) is 0. The molecule has 0 amide bonds. The van der Waals surface area contributed by atoms with Gasteiger partial charge < -0.3 is 28.8 Å². The summed E-state index contributed by atoms with van der Waals surface area (Å²) >= 11 is 0. The number of esters is 3. The molecule has 2 fully saturated rings. The van der Waals surface area contributed by atoms with Crippen LogP contribution in [-0.2, 0) is 38.1 Å². The van der Waals surface area contributed by atoms with Crippen molar-refractivity contribution in [2.75, 3.05) is 39.5 Å². The smallest absolute Gasteiger partial charge is 0.330 e. The standard InChI is InChI=1S/C28H43N3O11/c1-16-11-31(27(37)29-26(16)36)23-12-30(14-28(6,15-32)42-23)8-7-9-38-22-10-21(13-39-18(3)33)25(41-20(5)35)24(17(22)2)40-19(4)34/h11,17,21-25,32H,7-10,12-15H2,1-6H3,(H,29,36,37)/t17-,21+,22+,23+,24+,25-,28+/m0/s1/i6D. The Morgan fingerprint density at radius 3 is 2.48 bits per heavy atom. The van der Waals surface area contributed by atoms with Crippen molar-refractivity contribution in [2.24, 2.45) is 11.8 Å². The van der Waals surface area contributed by atoms with Gasteiger partial charge in [-0.25, -0.2) is 4.79 Å². The van der Waals surface area contributed by atoms with E-state index in [1.807, 2.05) is 11.8 Å². The normalized spacial score (nSPS) is 30.3. The van der Waals surface area contributed by atoms with E-state index in [1.165, 1.54) is 31.5 Å². The number of morpholine rings is 1. The Morgan fingerprint density at radius 1 is 1.17 bits per heavy atom. The Balaban J connectivity index is 1.69. The lowest BCUT2D eigenvalue weighted by molar-refractivity contribution is -0.199. The molecule has 1 aromatic rings. The number of ether oxygens (including phenoxy) is 5. The van der Waals surface area contributed by atoms with Crippen LogP contribution < -0.4 is 11.2 Å². The summed E-state index contributed by atoms with van der Waals surface area (Å²) in [6.45, 7) is 7.83. The molecule has 14 heteroatoms. The molecule has 1 aliphatic carbocycles. The van der Waals surface area contributed by atoms with Crippen LogP contribution in [0.3, 0.4) is 0 Å². The molecule has 7 atom stereocenters. The quantitative estimate of drug-likeness (QED) is 0.203. The second-order valence-corrected chi connectivity index (χ2v) is 11.2. The lowest BCUT2D eigenvalue weighted by atomic mass is 9.76. The summed E-state index contributed by atoms with van der Waals surface area (Å²) in [7, 11) is 0. The van der Waals surface area contributed by atoms with E-state index < -0.39 is 71.8 Å². The number of H-pyrrole nitrogens is 1. The molecule has 0 radical (unpaired) electrons. The van der Waals surface area contributed by atoms with Crippen LogP contribution in [0.25, 0.3) is 0 Å². The fourth-order valence-corrected chi connectivity index (χ4v) is 5.54. The highest BCUT2D eigenvalue weighted by Crippen LogP contribution is 2.36. The fourth-order valence-electron chi connectivity index (χ4n) is 5.54. The van der Waals surface area contributed by atoms with Gasteiger partial charge in [-0.05, 0) is 26.7 Å². The van der Waals surface area contributed by atoms with Crippen molar-refractivity contribution in [3.8, 4) is 0 Å². The van der Waals surface area contributed by atoms with Gasteiger partial charge >= 0.3 is 23.6 Å². The Bertz CT molecular complexity index is 1250. The topological polar surface area (TPSA) is 176 Å². The first-order chi connectivity index (χ1) is 20.3. The number of hydrogen-bond donors (Lipinski definition) is 2. The van der Waals surface area contributed by atoms with Gasteiger partial charge in [0.25, 0.3) is 5.56 Å². The van der Waals surface area contributed by atoms with Crippen LogP contribution in [0, 0.1) is 18.8 Å². The number of aromatic amines is 1. The molecule has 2 heterocycles. The number of aliphatic hydroxyl groups excluding tert-OH is 1. The van der Waals surface area contributed by atoms with Gasteiger partial charge in [0, 0.05) is 72.0 Å². The van der Waals surface area contributed by atoms with Gasteiger partial charge in [-0.3, -0.25) is 33.6 Å². The molecular weight excluding hydrogens is 554 g/mol. The Hall–Kier alpha value is -3.07. The van der Waals surface area contributed by atoms with Crippen molar-refractivity contribution in [2.45, 2.75) is 84.5 Å². The van der Waals surface area contributed by atoms with Gasteiger partial charge in [0.2, 0.25) is 0 Å². The average molecular weight is 599 g/mol. The van der Waals surface area contributed by atoms with Gasteiger partial charge in [-0.1, -0.05) is 6.92 Å². The summed E-state index contributed by atoms with van der Waals surface area (Å²) in [5.41, 5.74) is -2.04. The first-order valence-corrected chi connectivity index (χ1v) is 14.0. The average Bonchev–Trinajstić information content (AvgIpc) is 2.94. The van der Waals surface area contributed by atoms with E-state index in [9.17, 15) is 29.1 Å². The minimum Gasteiger partial charge on any atom is -0.465 e. The van der Waals surface area contributed by atoms with Gasteiger partial charge in [0.05, 0.1) is 19.3 Å². The second kappa shape index (κ2) is 14.4. The molecule has 1 saturated heterocycles. The molecule has 0 aromatic carbocycles. The van der Waals surface area contributed by atoms with Crippen LogP contribution in [0.2, 0.25) is 0 Å². The number of aliphatic hydroxyl groups is 1. The molecule has 3 rings (SSSR count). The van der Waals surface area contributed by atoms with E-state index in [0.29, 0.717) is 31.6 Å². The molecular formula is C28H43N3O11. The lowest BCUT2D eigenvalue weighted by Gasteiger charge is -2.44. The summed E-state index contributed by atoms with van der Waals surface area (Å²) in [5, 5.41) is 10.1. The van der Waals surface area contributed by atoms with Crippen molar-refractivity contribution in [3.63, 3.8) is 0 Å². The van der Waals surface area contributed by atoms with E-state index in [1.54, 1.807) is 6.92 Å². The predicted molar refractivity (Wildman–Crippen MR) is 147 cm³/mol. The van der Waals surface area contributed by atoms with Gasteiger partial charge in [0.15, 0.2) is 6.23 Å². The first-order valence-electron chi connectivity index (χ1n) is 14.7. The molecule has 0 unspecified atom stereocenters. The summed E-state index contributed by atoms with van der Waals surface area (Å²) in [5.74, 6) is -2.37. The van der Waals surface area contributed by atoms with Crippen LogP contribution in [0.15, 0.2) is 15.8 Å². The third kappa shape index (κ3) is 8.72. The van der Waals surface area contributed by atoms with E-state index >= 15 is 0 Å². The number of carbonyl (C=O) groups is 3. The number of rotatable bonds is 11. The minimum atomic E-state index is -1.22. The maximum absolute atomic E-state index is 12.5. The SMILES string of the molecule is [2H]C[C@]1(CO)CN(CCCO[C@@H]2C[C@H](COC(C)=O)[C@H](OC(C)=O)[C@H](OC(C)=O)[C@H]2C)C[C@H](n2cc(C)c(=O)[nH]c2=O)O1. The molecule has 1 aromatic heterocycles. The number of nitrogens with one attached hydrogen (secondary N) is 1. The number of carbonyl (C=O) groups excluding carboxylic acids is 3. The second-order valence-electron chi connectivity index (χ2n) is 11.2. The predicted octanol–water partition coefficient (Wildman–Crippen LogP) is 0.285. The van der Waals surface area contributed by atoms with Crippen LogP contribution in [-0.4, -0.2) is 101 Å². The van der Waals surface area contributed by atoms with Crippen LogP contribution in [0.5, 0.6) is 0 Å². The Morgan fingerprint density at radius 2 is 1.86 bits per heavy atom. The summed E-state index contributed by atoms with van der Waals surface area (Å²) in [6.07, 6.45) is -0.511. The van der Waals surface area contributed by atoms with Gasteiger partial charge in [-0.2, -0.15) is 0 Å². The van der Waals surface area contributed by atoms with Crippen LogP contribution >= 0.6 is 0 Å². The fraction of sp³-hybridized carbons (Fsp3) is 0.750. The highest BCUT2D eigenvalue weighted by molar-refractivity contribution is 5.67. The molecule has 2 N–H and O–H groups in total. The molecule has 1 saturated carbocycles. The zero-order chi connectivity index (χ0) is 31.9. The number of aromatic nitrogens is 2. The Kier molecular flexibility index (Phi) is 10.9. The highest BCUT2D eigenvalue weighted by atomic mass is 16.6. The van der Waals surface area contributed by atoms with Crippen LogP contribution in [0.4, 0.5) is 0 Å². The highest BCUT2D eigenvalue weighted by Gasteiger charge is 2.47. The van der Waals surface area contributed by atoms with E-state index in [-0.39, 0.29) is 32.5 Å². The number of aryl methyl sites for hydroxylation is 1. The summed E-state index contributed by atoms with van der Waals surface area (Å²) in [4.78, 5) is 63.9. The van der Waals surface area contributed by atoms with Crippen molar-refractivity contribution in [1.29, 1.82) is 0 Å². The van der Waals surface area contributed by atoms with Gasteiger partial charge in [0.1, 0.15) is 17.8 Å². The van der Waals surface area contributed by atoms with Crippen LogP contribution in [0.1, 0.15) is 60.6 Å². The van der Waals surface area contributed by atoms with Crippen molar-refractivity contribution >= 4 is 17.9 Å². The summed E-state index contributed by atoms with van der Waals surface area (Å²) < 4.78 is 37.9. The molecule has 0 bridgehead atoms. The monoisotopic (exact) mass is 598 g/mol. The third-order valence-electron chi connectivity index (χ3n) is 7.54. The maximum Gasteiger partial charge on any atom is 0.330 e. The van der Waals surface area contributed by atoms with Crippen molar-refractivity contribution in [1.82, 2.24) is 14.5 Å². The molecule has 0 spiro atoms. The zero-order valence-electron chi connectivity index (χ0n) is 25.8. The van der Waals surface area contributed by atoms with Crippen molar-refractivity contribution < 1.29 is 44.5 Å². The first kappa shape index (κ1) is 31.9. The zero-order valence-corrected chi connectivity index (χ0v) is 24.8. The molecule has 42 heavy (non-hydrogen) atoms. The minimum absolute atomic E-state index is 0.0350. The molecule has 2 aliphatic rings. The maximum atomic E-state index is 12.5. The lowest BCUT2D eigenvalue weighted by Crippen LogP contribution is -2.56. The molecule has 236 valence electrons. The number of nitrogens with zero attached hydrogens (tertiary/aromatic N) is 2. The number of hydrogen-bond acceptors (Lipinski definition) is 12. The van der Waals surface area contributed by atoms with Crippen molar-refractivity contribution in [3.05, 3.63) is 32.6 Å². The Labute approximate surface area is 245 Å². The van der Waals surface area contributed by atoms with Gasteiger partial charge in [-0.15, -0.1) is 0 Å². The van der Waals surface area contributed by atoms with E-state index in [2.05, 4.69) is 4.98 Å². The third-order valence-corrected chi connectivity index (χ3v) is 7.54. The molecule has 1 aliphatic heterocycles. The van der Waals surface area contributed by atoms with E-state index in [0.717, 1.165) is 0 Å². The molecule has 14 nitrogen and oxygen atoms in total. The van der Waals surface area contributed by atoms with E-state index in [4.69, 9.17) is 25.1 Å².